The fraction of sp³-hybridized carbons (Fsp3) is 0.250. The van der Waals surface area contributed by atoms with Crippen molar-refractivity contribution in [2.24, 2.45) is 0 Å². The van der Waals surface area contributed by atoms with Gasteiger partial charge in [-0.15, -0.1) is 0 Å². The number of carbonyl (C=O) groups is 1. The van der Waals surface area contributed by atoms with Gasteiger partial charge in [0.05, 0.1) is 0 Å². The number of rotatable bonds is 10. The molecule has 6 heteroatoms. The standard InChI is InChI=1S/C20H25N3O3/c1-2-16-8-6-7-11-19(16)26-15-18(24)14-21-12-13-22-20(25)23-17-9-4-3-5-10-17/h2-11,18,21,24H,1,12-15H2,(H2,22,23,25). The maximum Gasteiger partial charge on any atom is 0.319 e. The summed E-state index contributed by atoms with van der Waals surface area (Å²) < 4.78 is 5.61. The maximum atomic E-state index is 11.7. The van der Waals surface area contributed by atoms with Crippen LogP contribution in [0.1, 0.15) is 5.56 Å². The monoisotopic (exact) mass is 355 g/mol. The number of anilines is 1. The molecule has 2 aromatic rings. The topological polar surface area (TPSA) is 82.6 Å². The summed E-state index contributed by atoms with van der Waals surface area (Å²) in [5, 5.41) is 18.5. The van der Waals surface area contributed by atoms with Crippen LogP contribution >= 0.6 is 0 Å². The summed E-state index contributed by atoms with van der Waals surface area (Å²) in [6, 6.07) is 16.5. The molecule has 0 aliphatic carbocycles. The van der Waals surface area contributed by atoms with Crippen LogP contribution in [0.3, 0.4) is 0 Å². The molecule has 2 aromatic carbocycles. The van der Waals surface area contributed by atoms with Crippen LogP contribution in [0.15, 0.2) is 61.2 Å². The van der Waals surface area contributed by atoms with E-state index in [1.165, 1.54) is 0 Å². The van der Waals surface area contributed by atoms with Crippen LogP contribution < -0.4 is 20.7 Å². The van der Waals surface area contributed by atoms with Gasteiger partial charge in [-0.05, 0) is 18.2 Å². The summed E-state index contributed by atoms with van der Waals surface area (Å²) >= 11 is 0. The lowest BCUT2D eigenvalue weighted by Crippen LogP contribution is -2.38. The van der Waals surface area contributed by atoms with E-state index in [4.69, 9.17) is 4.74 Å². The number of ether oxygens (including phenoxy) is 1. The molecule has 0 heterocycles. The lowest BCUT2D eigenvalue weighted by molar-refractivity contribution is 0.106. The molecule has 6 nitrogen and oxygen atoms in total. The molecule has 0 aromatic heterocycles. The Morgan fingerprint density at radius 3 is 2.62 bits per heavy atom. The predicted molar refractivity (Wildman–Crippen MR) is 104 cm³/mol. The summed E-state index contributed by atoms with van der Waals surface area (Å²) in [5.74, 6) is 0.695. The zero-order valence-corrected chi connectivity index (χ0v) is 14.7. The van der Waals surface area contributed by atoms with Crippen molar-refractivity contribution in [3.63, 3.8) is 0 Å². The quantitative estimate of drug-likeness (QED) is 0.494. The number of amides is 2. The van der Waals surface area contributed by atoms with Crippen molar-refractivity contribution < 1.29 is 14.6 Å². The Morgan fingerprint density at radius 1 is 1.12 bits per heavy atom. The lowest BCUT2D eigenvalue weighted by atomic mass is 10.2. The van der Waals surface area contributed by atoms with E-state index in [1.807, 2.05) is 54.6 Å². The van der Waals surface area contributed by atoms with Crippen molar-refractivity contribution >= 4 is 17.8 Å². The van der Waals surface area contributed by atoms with Crippen LogP contribution in [0.2, 0.25) is 0 Å². The second kappa shape index (κ2) is 10.9. The van der Waals surface area contributed by atoms with Gasteiger partial charge in [-0.1, -0.05) is 49.1 Å². The zero-order chi connectivity index (χ0) is 18.6. The minimum Gasteiger partial charge on any atom is -0.490 e. The number of para-hydroxylation sites is 2. The summed E-state index contributed by atoms with van der Waals surface area (Å²) in [7, 11) is 0. The van der Waals surface area contributed by atoms with Gasteiger partial charge in [0.15, 0.2) is 0 Å². The van der Waals surface area contributed by atoms with E-state index >= 15 is 0 Å². The van der Waals surface area contributed by atoms with E-state index in [-0.39, 0.29) is 12.6 Å². The van der Waals surface area contributed by atoms with E-state index in [9.17, 15) is 9.90 Å². The largest absolute Gasteiger partial charge is 0.490 e. The molecule has 2 rings (SSSR count). The Balaban J connectivity index is 1.56. The highest BCUT2D eigenvalue weighted by atomic mass is 16.5. The minimum absolute atomic E-state index is 0.180. The lowest BCUT2D eigenvalue weighted by Gasteiger charge is -2.15. The number of aliphatic hydroxyl groups excluding tert-OH is 1. The van der Waals surface area contributed by atoms with Crippen molar-refractivity contribution in [3.8, 4) is 5.75 Å². The van der Waals surface area contributed by atoms with E-state index < -0.39 is 6.10 Å². The molecule has 0 radical (unpaired) electrons. The average molecular weight is 355 g/mol. The second-order valence-corrected chi connectivity index (χ2v) is 5.66. The van der Waals surface area contributed by atoms with E-state index in [1.54, 1.807) is 6.08 Å². The number of benzene rings is 2. The van der Waals surface area contributed by atoms with Gasteiger partial charge in [-0.3, -0.25) is 0 Å². The molecular weight excluding hydrogens is 330 g/mol. The van der Waals surface area contributed by atoms with Gasteiger partial charge in [0, 0.05) is 30.9 Å². The molecule has 2 amide bonds. The molecule has 4 N–H and O–H groups in total. The smallest absolute Gasteiger partial charge is 0.319 e. The third kappa shape index (κ3) is 6.96. The first kappa shape index (κ1) is 19.5. The Bertz CT molecular complexity index is 692. The van der Waals surface area contributed by atoms with Crippen molar-refractivity contribution in [3.05, 3.63) is 66.7 Å². The van der Waals surface area contributed by atoms with Crippen LogP contribution in [0.4, 0.5) is 10.5 Å². The molecule has 0 aliphatic heterocycles. The molecule has 0 fully saturated rings. The Morgan fingerprint density at radius 2 is 1.85 bits per heavy atom. The van der Waals surface area contributed by atoms with Gasteiger partial charge in [-0.25, -0.2) is 4.79 Å². The van der Waals surface area contributed by atoms with Gasteiger partial charge in [0.1, 0.15) is 18.5 Å². The Labute approximate surface area is 153 Å². The minimum atomic E-state index is -0.647. The summed E-state index contributed by atoms with van der Waals surface area (Å²) in [6.07, 6.45) is 1.07. The Hall–Kier alpha value is -2.83. The van der Waals surface area contributed by atoms with Crippen molar-refractivity contribution in [1.82, 2.24) is 10.6 Å². The van der Waals surface area contributed by atoms with Crippen molar-refractivity contribution in [1.29, 1.82) is 0 Å². The summed E-state index contributed by atoms with van der Waals surface area (Å²) in [6.45, 7) is 5.28. The number of carbonyl (C=O) groups excluding carboxylic acids is 1. The fourth-order valence-corrected chi connectivity index (χ4v) is 2.26. The maximum absolute atomic E-state index is 11.7. The second-order valence-electron chi connectivity index (χ2n) is 5.66. The Kier molecular flexibility index (Phi) is 8.18. The first-order chi connectivity index (χ1) is 12.7. The molecule has 1 unspecified atom stereocenters. The molecule has 1 atom stereocenters. The number of urea groups is 1. The highest BCUT2D eigenvalue weighted by molar-refractivity contribution is 5.89. The van der Waals surface area contributed by atoms with Gasteiger partial charge >= 0.3 is 6.03 Å². The van der Waals surface area contributed by atoms with E-state index in [0.717, 1.165) is 11.3 Å². The van der Waals surface area contributed by atoms with Gasteiger partial charge < -0.3 is 25.8 Å². The van der Waals surface area contributed by atoms with Crippen molar-refractivity contribution in [2.45, 2.75) is 6.10 Å². The number of hydrogen-bond acceptors (Lipinski definition) is 4. The number of hydrogen-bond donors (Lipinski definition) is 4. The molecule has 0 bridgehead atoms. The van der Waals surface area contributed by atoms with Crippen LogP contribution in [-0.2, 0) is 0 Å². The number of nitrogens with one attached hydrogen (secondary N) is 3. The highest BCUT2D eigenvalue weighted by Crippen LogP contribution is 2.18. The summed E-state index contributed by atoms with van der Waals surface area (Å²) in [5.41, 5.74) is 1.63. The number of aliphatic hydroxyl groups is 1. The third-order valence-corrected chi connectivity index (χ3v) is 3.57. The van der Waals surface area contributed by atoms with E-state index in [0.29, 0.717) is 25.4 Å². The molecular formula is C20H25N3O3. The van der Waals surface area contributed by atoms with Gasteiger partial charge in [-0.2, -0.15) is 0 Å². The zero-order valence-electron chi connectivity index (χ0n) is 14.7. The van der Waals surface area contributed by atoms with Crippen molar-refractivity contribution in [2.75, 3.05) is 31.6 Å². The molecule has 0 aliphatic rings. The average Bonchev–Trinajstić information content (AvgIpc) is 2.67. The summed E-state index contributed by atoms with van der Waals surface area (Å²) in [4.78, 5) is 11.7. The molecule has 0 saturated heterocycles. The highest BCUT2D eigenvalue weighted by Gasteiger charge is 2.07. The normalized spacial score (nSPS) is 11.4. The predicted octanol–water partition coefficient (Wildman–Crippen LogP) is 2.48. The first-order valence-corrected chi connectivity index (χ1v) is 8.52. The third-order valence-electron chi connectivity index (χ3n) is 3.57. The fourth-order valence-electron chi connectivity index (χ4n) is 2.26. The van der Waals surface area contributed by atoms with Crippen LogP contribution in [-0.4, -0.2) is 43.5 Å². The molecule has 0 saturated carbocycles. The van der Waals surface area contributed by atoms with E-state index in [2.05, 4.69) is 22.5 Å². The van der Waals surface area contributed by atoms with Gasteiger partial charge in [0.2, 0.25) is 0 Å². The van der Waals surface area contributed by atoms with Gasteiger partial charge in [0.25, 0.3) is 0 Å². The van der Waals surface area contributed by atoms with Crippen LogP contribution in [0.5, 0.6) is 5.75 Å². The molecule has 138 valence electrons. The first-order valence-electron chi connectivity index (χ1n) is 8.52. The van der Waals surface area contributed by atoms with Crippen LogP contribution in [0.25, 0.3) is 6.08 Å². The molecule has 0 spiro atoms. The molecule has 26 heavy (non-hydrogen) atoms. The van der Waals surface area contributed by atoms with Crippen LogP contribution in [0, 0.1) is 0 Å². The SMILES string of the molecule is C=Cc1ccccc1OCC(O)CNCCNC(=O)Nc1ccccc1.